The van der Waals surface area contributed by atoms with Gasteiger partial charge in [-0.15, -0.1) is 10.2 Å². The number of aromatic nitrogens is 3. The molecule has 0 saturated heterocycles. The minimum Gasteiger partial charge on any atom is -0.351 e. The predicted molar refractivity (Wildman–Crippen MR) is 92.3 cm³/mol. The highest BCUT2D eigenvalue weighted by atomic mass is 19.4. The quantitative estimate of drug-likeness (QED) is 0.759. The molecule has 0 unspecified atom stereocenters. The maximum absolute atomic E-state index is 13.0. The molecule has 4 rings (SSSR count). The average Bonchev–Trinajstić information content (AvgIpc) is 3.08. The first-order chi connectivity index (χ1) is 12.9. The minimum atomic E-state index is -4.38. The maximum atomic E-state index is 13.0. The van der Waals surface area contributed by atoms with Gasteiger partial charge in [-0.1, -0.05) is 24.6 Å². The molecule has 0 bridgehead atoms. The second kappa shape index (κ2) is 6.37. The Morgan fingerprint density at radius 1 is 1.22 bits per heavy atom. The maximum Gasteiger partial charge on any atom is 0.416 e. The lowest BCUT2D eigenvalue weighted by molar-refractivity contribution is -0.137. The van der Waals surface area contributed by atoms with Crippen LogP contribution in [0.5, 0.6) is 0 Å². The molecule has 2 heterocycles. The number of hydrogen-bond acceptors (Lipinski definition) is 3. The van der Waals surface area contributed by atoms with Crippen LogP contribution < -0.4 is 5.32 Å². The smallest absolute Gasteiger partial charge is 0.351 e. The van der Waals surface area contributed by atoms with Crippen molar-refractivity contribution in [2.75, 3.05) is 6.54 Å². The van der Waals surface area contributed by atoms with E-state index in [2.05, 4.69) is 15.5 Å². The van der Waals surface area contributed by atoms with Gasteiger partial charge in [0.25, 0.3) is 5.91 Å². The molecule has 1 fully saturated rings. The molecule has 1 aliphatic carbocycles. The number of carbonyl (C=O) groups is 1. The zero-order valence-electron chi connectivity index (χ0n) is 14.3. The fourth-order valence-corrected chi connectivity index (χ4v) is 3.51. The Balaban J connectivity index is 1.52. The molecule has 140 valence electrons. The van der Waals surface area contributed by atoms with Crippen LogP contribution in [0.25, 0.3) is 5.65 Å². The van der Waals surface area contributed by atoms with E-state index in [1.807, 2.05) is 0 Å². The highest BCUT2D eigenvalue weighted by molar-refractivity contribution is 5.94. The van der Waals surface area contributed by atoms with E-state index in [9.17, 15) is 18.0 Å². The van der Waals surface area contributed by atoms with Crippen LogP contribution in [0, 0.1) is 0 Å². The summed E-state index contributed by atoms with van der Waals surface area (Å²) in [5.74, 6) is -0.274. The highest BCUT2D eigenvalue weighted by Crippen LogP contribution is 2.44. The molecular weight excluding hydrogens is 357 g/mol. The molecule has 8 heteroatoms. The zero-order valence-corrected chi connectivity index (χ0v) is 14.3. The van der Waals surface area contributed by atoms with E-state index in [4.69, 9.17) is 0 Å². The number of hydrogen-bond donors (Lipinski definition) is 1. The number of rotatable bonds is 4. The van der Waals surface area contributed by atoms with Gasteiger partial charge in [0.1, 0.15) is 6.33 Å². The van der Waals surface area contributed by atoms with E-state index < -0.39 is 17.2 Å². The number of pyridine rings is 1. The molecule has 27 heavy (non-hydrogen) atoms. The van der Waals surface area contributed by atoms with Crippen molar-refractivity contribution in [1.29, 1.82) is 0 Å². The van der Waals surface area contributed by atoms with E-state index in [1.165, 1.54) is 18.5 Å². The summed E-state index contributed by atoms with van der Waals surface area (Å²) >= 11 is 0. The largest absolute Gasteiger partial charge is 0.416 e. The van der Waals surface area contributed by atoms with Crippen LogP contribution in [-0.4, -0.2) is 27.0 Å². The third-order valence-corrected chi connectivity index (χ3v) is 5.25. The van der Waals surface area contributed by atoms with Crippen LogP contribution in [-0.2, 0) is 11.6 Å². The Kier molecular flexibility index (Phi) is 4.13. The van der Waals surface area contributed by atoms with Crippen LogP contribution >= 0.6 is 0 Å². The summed E-state index contributed by atoms with van der Waals surface area (Å²) in [6.45, 7) is 0.299. The molecule has 1 amide bonds. The number of nitrogens with zero attached hydrogens (tertiary/aromatic N) is 3. The van der Waals surface area contributed by atoms with Gasteiger partial charge in [0.2, 0.25) is 0 Å². The fourth-order valence-electron chi connectivity index (χ4n) is 3.51. The van der Waals surface area contributed by atoms with Gasteiger partial charge in [0.05, 0.1) is 11.1 Å². The van der Waals surface area contributed by atoms with Gasteiger partial charge in [0, 0.05) is 18.2 Å². The molecule has 3 aromatic rings. The number of benzene rings is 1. The summed E-state index contributed by atoms with van der Waals surface area (Å²) in [7, 11) is 0. The summed E-state index contributed by atoms with van der Waals surface area (Å²) in [5, 5.41) is 10.5. The number of fused-ring (bicyclic) bond motifs is 1. The second-order valence-corrected chi connectivity index (χ2v) is 6.91. The van der Waals surface area contributed by atoms with E-state index in [0.29, 0.717) is 23.3 Å². The van der Waals surface area contributed by atoms with E-state index >= 15 is 0 Å². The van der Waals surface area contributed by atoms with Crippen LogP contribution in [0.3, 0.4) is 0 Å². The summed E-state index contributed by atoms with van der Waals surface area (Å²) in [5.41, 5.74) is 0.595. The molecule has 0 spiro atoms. The fraction of sp³-hybridized carbons (Fsp3) is 0.316. The first-order valence-corrected chi connectivity index (χ1v) is 8.63. The van der Waals surface area contributed by atoms with Crippen molar-refractivity contribution in [2.24, 2.45) is 0 Å². The lowest BCUT2D eigenvalue weighted by Gasteiger charge is -2.43. The molecular formula is C19H17F3N4O. The molecule has 0 radical (unpaired) electrons. The van der Waals surface area contributed by atoms with Crippen molar-refractivity contribution in [3.63, 3.8) is 0 Å². The van der Waals surface area contributed by atoms with Crippen LogP contribution in [0.1, 0.15) is 40.7 Å². The topological polar surface area (TPSA) is 59.3 Å². The monoisotopic (exact) mass is 374 g/mol. The summed E-state index contributed by atoms with van der Waals surface area (Å²) in [6, 6.07) is 8.76. The average molecular weight is 374 g/mol. The van der Waals surface area contributed by atoms with Crippen molar-refractivity contribution in [1.82, 2.24) is 19.9 Å². The number of carbonyl (C=O) groups excluding carboxylic acids is 1. The van der Waals surface area contributed by atoms with Crippen LogP contribution in [0.15, 0.2) is 48.9 Å². The first kappa shape index (κ1) is 17.5. The van der Waals surface area contributed by atoms with Gasteiger partial charge < -0.3 is 5.32 Å². The SMILES string of the molecule is O=C(NCC1(c2cccc(C(F)(F)F)c2)CCC1)c1ccc2nncn2c1. The third kappa shape index (κ3) is 3.27. The van der Waals surface area contributed by atoms with E-state index in [-0.39, 0.29) is 5.91 Å². The molecule has 1 aromatic carbocycles. The summed E-state index contributed by atoms with van der Waals surface area (Å²) in [4.78, 5) is 12.5. The number of amides is 1. The second-order valence-electron chi connectivity index (χ2n) is 6.91. The first-order valence-electron chi connectivity index (χ1n) is 8.63. The van der Waals surface area contributed by atoms with Crippen molar-refractivity contribution >= 4 is 11.6 Å². The van der Waals surface area contributed by atoms with Gasteiger partial charge in [-0.2, -0.15) is 13.2 Å². The van der Waals surface area contributed by atoms with Gasteiger partial charge in [-0.05, 0) is 36.6 Å². The Morgan fingerprint density at radius 3 is 2.74 bits per heavy atom. The van der Waals surface area contributed by atoms with Crippen molar-refractivity contribution in [3.05, 3.63) is 65.6 Å². The Hall–Kier alpha value is -2.90. The van der Waals surface area contributed by atoms with E-state index in [1.54, 1.807) is 28.8 Å². The van der Waals surface area contributed by atoms with Gasteiger partial charge >= 0.3 is 6.18 Å². The van der Waals surface area contributed by atoms with Gasteiger partial charge in [-0.25, -0.2) is 0 Å². The highest BCUT2D eigenvalue weighted by Gasteiger charge is 2.40. The summed E-state index contributed by atoms with van der Waals surface area (Å²) in [6.07, 6.45) is 1.18. The zero-order chi connectivity index (χ0) is 19.1. The van der Waals surface area contributed by atoms with Crippen molar-refractivity contribution in [3.8, 4) is 0 Å². The number of halogens is 3. The molecule has 0 atom stereocenters. The van der Waals surface area contributed by atoms with Crippen molar-refractivity contribution in [2.45, 2.75) is 30.9 Å². The molecule has 2 aromatic heterocycles. The van der Waals surface area contributed by atoms with Crippen LogP contribution in [0.2, 0.25) is 0 Å². The standard InChI is InChI=1S/C19H17F3N4O/c20-19(21,22)15-4-1-3-14(9-15)18(7-2-8-18)11-23-17(27)13-5-6-16-25-24-12-26(16)10-13/h1,3-6,9-10,12H,2,7-8,11H2,(H,23,27). The molecule has 1 saturated carbocycles. The number of nitrogens with one attached hydrogen (secondary N) is 1. The lowest BCUT2D eigenvalue weighted by Crippen LogP contribution is -2.45. The molecule has 5 nitrogen and oxygen atoms in total. The minimum absolute atomic E-state index is 0.274. The molecule has 1 N–H and O–H groups in total. The Morgan fingerprint density at radius 2 is 2.04 bits per heavy atom. The third-order valence-electron chi connectivity index (χ3n) is 5.25. The van der Waals surface area contributed by atoms with E-state index in [0.717, 1.165) is 25.3 Å². The van der Waals surface area contributed by atoms with Gasteiger partial charge in [0.15, 0.2) is 5.65 Å². The molecule has 0 aliphatic heterocycles. The normalized spacial score (nSPS) is 16.1. The summed E-state index contributed by atoms with van der Waals surface area (Å²) < 4.78 is 40.7. The molecule has 1 aliphatic rings. The lowest BCUT2D eigenvalue weighted by atomic mass is 9.64. The Bertz CT molecular complexity index is 992. The van der Waals surface area contributed by atoms with Crippen molar-refractivity contribution < 1.29 is 18.0 Å². The number of alkyl halides is 3. The van der Waals surface area contributed by atoms with Gasteiger partial charge in [-0.3, -0.25) is 9.20 Å². The predicted octanol–water partition coefficient (Wildman–Crippen LogP) is 3.60. The van der Waals surface area contributed by atoms with Crippen LogP contribution in [0.4, 0.5) is 13.2 Å². The Labute approximate surface area is 153 Å².